The van der Waals surface area contributed by atoms with Gasteiger partial charge in [-0.3, -0.25) is 14.9 Å². The van der Waals surface area contributed by atoms with Crippen LogP contribution in [0.1, 0.15) is 0 Å². The Morgan fingerprint density at radius 3 is 3.00 bits per heavy atom. The standard InChI is InChI=1S/C17H17ClN4O2/c18-14-9-13-12(4-5-20-17(13)24)8-15(14)21-16(23)10-19-11-22-6-2-1-3-7-22/h1-6,8-9,19H,7,10-11H2,(H,20,24)(H,21,23). The highest BCUT2D eigenvalue weighted by Gasteiger charge is 2.09. The number of H-pyrrole nitrogens is 1. The lowest BCUT2D eigenvalue weighted by Gasteiger charge is -2.20. The molecule has 0 fully saturated rings. The Balaban J connectivity index is 1.60. The molecule has 6 nitrogen and oxygen atoms in total. The van der Waals surface area contributed by atoms with Crippen LogP contribution in [-0.4, -0.2) is 35.5 Å². The summed E-state index contributed by atoms with van der Waals surface area (Å²) in [5.74, 6) is -0.197. The summed E-state index contributed by atoms with van der Waals surface area (Å²) in [7, 11) is 0. The largest absolute Gasteiger partial charge is 0.361 e. The van der Waals surface area contributed by atoms with Crippen molar-refractivity contribution in [3.8, 4) is 0 Å². The molecule has 2 aromatic rings. The smallest absolute Gasteiger partial charge is 0.255 e. The topological polar surface area (TPSA) is 77.2 Å². The summed E-state index contributed by atoms with van der Waals surface area (Å²) in [6, 6.07) is 5.02. The maximum absolute atomic E-state index is 12.1. The Bertz CT molecular complexity index is 873. The number of anilines is 1. The maximum Gasteiger partial charge on any atom is 0.255 e. The van der Waals surface area contributed by atoms with Crippen molar-refractivity contribution >= 4 is 34.0 Å². The number of allylic oxidation sites excluding steroid dienone is 2. The van der Waals surface area contributed by atoms with Gasteiger partial charge in [0.05, 0.1) is 23.9 Å². The number of halogens is 1. The highest BCUT2D eigenvalue weighted by Crippen LogP contribution is 2.26. The molecule has 1 aliphatic heterocycles. The Morgan fingerprint density at radius 1 is 1.33 bits per heavy atom. The van der Waals surface area contributed by atoms with Crippen molar-refractivity contribution in [1.29, 1.82) is 0 Å². The van der Waals surface area contributed by atoms with E-state index in [0.29, 0.717) is 22.8 Å². The molecule has 0 atom stereocenters. The van der Waals surface area contributed by atoms with E-state index in [0.717, 1.165) is 11.9 Å². The first-order chi connectivity index (χ1) is 11.6. The summed E-state index contributed by atoms with van der Waals surface area (Å²) >= 11 is 6.16. The molecule has 1 aliphatic rings. The lowest BCUT2D eigenvalue weighted by molar-refractivity contribution is -0.115. The molecule has 1 aromatic heterocycles. The van der Waals surface area contributed by atoms with Crippen molar-refractivity contribution in [2.75, 3.05) is 25.1 Å². The predicted octanol–water partition coefficient (Wildman–Crippen LogP) is 2.05. The van der Waals surface area contributed by atoms with Gasteiger partial charge in [-0.1, -0.05) is 23.8 Å². The molecule has 0 aliphatic carbocycles. The minimum Gasteiger partial charge on any atom is -0.361 e. The first-order valence-electron chi connectivity index (χ1n) is 7.52. The number of carbonyl (C=O) groups excluding carboxylic acids is 1. The van der Waals surface area contributed by atoms with Gasteiger partial charge >= 0.3 is 0 Å². The Kier molecular flexibility index (Phi) is 4.98. The van der Waals surface area contributed by atoms with E-state index in [2.05, 4.69) is 15.6 Å². The normalized spacial score (nSPS) is 13.5. The summed E-state index contributed by atoms with van der Waals surface area (Å²) in [6.07, 6.45) is 9.49. The molecule has 1 aromatic carbocycles. The number of fused-ring (bicyclic) bond motifs is 1. The van der Waals surface area contributed by atoms with Gasteiger partial charge < -0.3 is 15.2 Å². The zero-order valence-corrected chi connectivity index (χ0v) is 13.6. The first-order valence-corrected chi connectivity index (χ1v) is 7.90. The van der Waals surface area contributed by atoms with Crippen LogP contribution in [0.3, 0.4) is 0 Å². The van der Waals surface area contributed by atoms with E-state index in [9.17, 15) is 9.59 Å². The zero-order valence-electron chi connectivity index (χ0n) is 12.9. The second-order valence-corrected chi connectivity index (χ2v) is 5.81. The molecule has 3 N–H and O–H groups in total. The second-order valence-electron chi connectivity index (χ2n) is 5.40. The maximum atomic E-state index is 12.1. The van der Waals surface area contributed by atoms with Crippen LogP contribution in [0.15, 0.2) is 53.6 Å². The number of hydrogen-bond donors (Lipinski definition) is 3. The quantitative estimate of drug-likeness (QED) is 0.776. The van der Waals surface area contributed by atoms with Gasteiger partial charge in [-0.2, -0.15) is 0 Å². The van der Waals surface area contributed by atoms with E-state index >= 15 is 0 Å². The molecule has 0 saturated heterocycles. The fourth-order valence-electron chi connectivity index (χ4n) is 2.44. The molecule has 7 heteroatoms. The van der Waals surface area contributed by atoms with E-state index in [4.69, 9.17) is 11.6 Å². The number of amides is 1. The summed E-state index contributed by atoms with van der Waals surface area (Å²) < 4.78 is 0. The molecule has 0 saturated carbocycles. The lowest BCUT2D eigenvalue weighted by Crippen LogP contribution is -2.36. The Hall–Kier alpha value is -2.57. The third-order valence-electron chi connectivity index (χ3n) is 3.62. The monoisotopic (exact) mass is 344 g/mol. The molecule has 3 rings (SSSR count). The van der Waals surface area contributed by atoms with Crippen molar-refractivity contribution in [3.05, 3.63) is 64.2 Å². The van der Waals surface area contributed by atoms with Gasteiger partial charge in [0, 0.05) is 24.3 Å². The average Bonchev–Trinajstić information content (AvgIpc) is 2.57. The third-order valence-corrected chi connectivity index (χ3v) is 3.93. The summed E-state index contributed by atoms with van der Waals surface area (Å²) in [5.41, 5.74) is 0.278. The molecule has 0 radical (unpaired) electrons. The average molecular weight is 345 g/mol. The van der Waals surface area contributed by atoms with Crippen LogP contribution >= 0.6 is 11.6 Å². The number of aromatic nitrogens is 1. The van der Waals surface area contributed by atoms with Crippen LogP contribution in [0.25, 0.3) is 10.8 Å². The van der Waals surface area contributed by atoms with Crippen molar-refractivity contribution in [3.63, 3.8) is 0 Å². The van der Waals surface area contributed by atoms with E-state index in [1.807, 2.05) is 29.3 Å². The molecule has 124 valence electrons. The molecule has 0 spiro atoms. The van der Waals surface area contributed by atoms with Crippen molar-refractivity contribution in [2.45, 2.75) is 0 Å². The predicted molar refractivity (Wildman–Crippen MR) is 96.1 cm³/mol. The van der Waals surface area contributed by atoms with Crippen molar-refractivity contribution < 1.29 is 4.79 Å². The Labute approximate surface area is 143 Å². The van der Waals surface area contributed by atoms with E-state index in [1.165, 1.54) is 0 Å². The number of nitrogens with one attached hydrogen (secondary N) is 3. The number of rotatable bonds is 5. The summed E-state index contributed by atoms with van der Waals surface area (Å²) in [5, 5.41) is 7.37. The third kappa shape index (κ3) is 3.84. The van der Waals surface area contributed by atoms with Crippen LogP contribution < -0.4 is 16.2 Å². The number of pyridine rings is 1. The first kappa shape index (κ1) is 16.3. The van der Waals surface area contributed by atoms with Gasteiger partial charge in [0.25, 0.3) is 5.56 Å². The zero-order chi connectivity index (χ0) is 16.9. The van der Waals surface area contributed by atoms with Crippen LogP contribution in [0.2, 0.25) is 5.02 Å². The summed E-state index contributed by atoms with van der Waals surface area (Å²) in [4.78, 5) is 28.4. The second kappa shape index (κ2) is 7.33. The number of aromatic amines is 1. The molecule has 0 bridgehead atoms. The minimum atomic E-state index is -0.211. The molecular formula is C17H17ClN4O2. The highest BCUT2D eigenvalue weighted by atomic mass is 35.5. The van der Waals surface area contributed by atoms with Crippen LogP contribution in [0, 0.1) is 0 Å². The van der Waals surface area contributed by atoms with Gasteiger partial charge in [0.2, 0.25) is 5.91 Å². The SMILES string of the molecule is O=C(CNCN1C=CC=CC1)Nc1cc2cc[nH]c(=O)c2cc1Cl. The van der Waals surface area contributed by atoms with E-state index < -0.39 is 0 Å². The van der Waals surface area contributed by atoms with Crippen LogP contribution in [-0.2, 0) is 4.79 Å². The van der Waals surface area contributed by atoms with Crippen molar-refractivity contribution in [1.82, 2.24) is 15.2 Å². The number of nitrogens with zero attached hydrogens (tertiary/aromatic N) is 1. The molecular weight excluding hydrogens is 328 g/mol. The summed E-state index contributed by atoms with van der Waals surface area (Å²) in [6.45, 7) is 1.56. The molecule has 0 unspecified atom stereocenters. The van der Waals surface area contributed by atoms with Gasteiger partial charge in [-0.15, -0.1) is 0 Å². The van der Waals surface area contributed by atoms with Gasteiger partial charge in [-0.25, -0.2) is 0 Å². The van der Waals surface area contributed by atoms with Crippen LogP contribution in [0.5, 0.6) is 0 Å². The lowest BCUT2D eigenvalue weighted by atomic mass is 10.1. The molecule has 24 heavy (non-hydrogen) atoms. The van der Waals surface area contributed by atoms with E-state index in [1.54, 1.807) is 24.4 Å². The number of benzene rings is 1. The fraction of sp³-hybridized carbons (Fsp3) is 0.176. The van der Waals surface area contributed by atoms with Gasteiger partial charge in [0.15, 0.2) is 0 Å². The minimum absolute atomic E-state index is 0.164. The van der Waals surface area contributed by atoms with Crippen LogP contribution in [0.4, 0.5) is 5.69 Å². The number of hydrogen-bond acceptors (Lipinski definition) is 4. The number of carbonyl (C=O) groups is 1. The van der Waals surface area contributed by atoms with Gasteiger partial charge in [0.1, 0.15) is 0 Å². The Morgan fingerprint density at radius 2 is 2.21 bits per heavy atom. The van der Waals surface area contributed by atoms with Gasteiger partial charge in [-0.05, 0) is 29.7 Å². The molecule has 1 amide bonds. The van der Waals surface area contributed by atoms with Crippen molar-refractivity contribution in [2.24, 2.45) is 0 Å². The fourth-order valence-corrected chi connectivity index (χ4v) is 2.65. The van der Waals surface area contributed by atoms with E-state index in [-0.39, 0.29) is 18.0 Å². The molecule has 2 heterocycles. The highest BCUT2D eigenvalue weighted by molar-refractivity contribution is 6.34.